The van der Waals surface area contributed by atoms with Crippen molar-refractivity contribution in [1.82, 2.24) is 5.32 Å². The molecule has 1 saturated carbocycles. The number of fused-ring (bicyclic) bond motifs is 3. The summed E-state index contributed by atoms with van der Waals surface area (Å²) in [6.07, 6.45) is -0.351. The van der Waals surface area contributed by atoms with E-state index in [9.17, 15) is 4.79 Å². The number of hydrogen-bond donors (Lipinski definition) is 2. The molecule has 0 radical (unpaired) electrons. The van der Waals surface area contributed by atoms with Crippen molar-refractivity contribution in [2.45, 2.75) is 25.8 Å². The lowest BCUT2D eigenvalue weighted by molar-refractivity contribution is 0.141. The summed E-state index contributed by atoms with van der Waals surface area (Å²) in [6.45, 7) is 5.18. The van der Waals surface area contributed by atoms with Gasteiger partial charge in [-0.05, 0) is 40.1 Å². The molecular formula is C21H24N2O2. The highest BCUT2D eigenvalue weighted by Crippen LogP contribution is 2.51. The van der Waals surface area contributed by atoms with E-state index in [2.05, 4.69) is 43.4 Å². The summed E-state index contributed by atoms with van der Waals surface area (Å²) in [6, 6.07) is 16.8. The van der Waals surface area contributed by atoms with Crippen molar-refractivity contribution in [2.24, 2.45) is 17.1 Å². The van der Waals surface area contributed by atoms with Crippen molar-refractivity contribution in [3.8, 4) is 11.1 Å². The Morgan fingerprint density at radius 3 is 2.16 bits per heavy atom. The smallest absolute Gasteiger partial charge is 0.407 e. The number of alkyl carbamates (subject to hydrolysis) is 1. The Hall–Kier alpha value is -2.33. The van der Waals surface area contributed by atoms with Gasteiger partial charge in [-0.3, -0.25) is 0 Å². The van der Waals surface area contributed by atoms with E-state index in [0.29, 0.717) is 19.1 Å². The van der Waals surface area contributed by atoms with Gasteiger partial charge < -0.3 is 15.8 Å². The van der Waals surface area contributed by atoms with Crippen LogP contribution >= 0.6 is 0 Å². The molecule has 0 aromatic heterocycles. The monoisotopic (exact) mass is 336 g/mol. The second-order valence-corrected chi connectivity index (χ2v) is 7.61. The fraction of sp³-hybridized carbons (Fsp3) is 0.381. The summed E-state index contributed by atoms with van der Waals surface area (Å²) in [5.74, 6) is 0.420. The zero-order valence-electron chi connectivity index (χ0n) is 14.7. The predicted molar refractivity (Wildman–Crippen MR) is 98.3 cm³/mol. The summed E-state index contributed by atoms with van der Waals surface area (Å²) in [7, 11) is 0. The van der Waals surface area contributed by atoms with Gasteiger partial charge in [-0.25, -0.2) is 4.79 Å². The Bertz CT molecular complexity index is 770. The van der Waals surface area contributed by atoms with Gasteiger partial charge in [0.05, 0.1) is 0 Å². The van der Waals surface area contributed by atoms with Gasteiger partial charge in [0.1, 0.15) is 6.61 Å². The maximum Gasteiger partial charge on any atom is 0.407 e. The fourth-order valence-corrected chi connectivity index (χ4v) is 4.24. The molecule has 130 valence electrons. The van der Waals surface area contributed by atoms with Gasteiger partial charge >= 0.3 is 6.09 Å². The van der Waals surface area contributed by atoms with Crippen LogP contribution in [0.25, 0.3) is 11.1 Å². The molecule has 0 spiro atoms. The van der Waals surface area contributed by atoms with Crippen molar-refractivity contribution in [3.63, 3.8) is 0 Å². The first-order valence-corrected chi connectivity index (χ1v) is 8.85. The molecule has 0 saturated heterocycles. The van der Waals surface area contributed by atoms with Gasteiger partial charge in [-0.15, -0.1) is 0 Å². The Morgan fingerprint density at radius 1 is 1.08 bits per heavy atom. The second-order valence-electron chi connectivity index (χ2n) is 7.61. The molecule has 2 aromatic carbocycles. The second kappa shape index (κ2) is 5.88. The van der Waals surface area contributed by atoms with E-state index in [0.717, 1.165) is 0 Å². The predicted octanol–water partition coefficient (Wildman–Crippen LogP) is 3.51. The zero-order valence-corrected chi connectivity index (χ0v) is 14.7. The molecule has 2 aliphatic carbocycles. The van der Waals surface area contributed by atoms with Crippen LogP contribution in [0, 0.1) is 11.3 Å². The number of hydrogen-bond acceptors (Lipinski definition) is 3. The van der Waals surface area contributed by atoms with Gasteiger partial charge in [0.2, 0.25) is 0 Å². The van der Waals surface area contributed by atoms with Crippen molar-refractivity contribution in [2.75, 3.05) is 13.2 Å². The van der Waals surface area contributed by atoms with Crippen LogP contribution in [0.1, 0.15) is 30.9 Å². The lowest BCUT2D eigenvalue weighted by Crippen LogP contribution is -2.31. The fourth-order valence-electron chi connectivity index (χ4n) is 4.24. The van der Waals surface area contributed by atoms with Gasteiger partial charge in [-0.1, -0.05) is 62.4 Å². The first-order chi connectivity index (χ1) is 12.0. The molecule has 0 aliphatic heterocycles. The van der Waals surface area contributed by atoms with Gasteiger partial charge in [0, 0.05) is 12.0 Å². The van der Waals surface area contributed by atoms with Crippen molar-refractivity contribution in [1.29, 1.82) is 0 Å². The zero-order chi connectivity index (χ0) is 17.6. The van der Waals surface area contributed by atoms with Crippen molar-refractivity contribution >= 4 is 6.09 Å². The molecule has 0 bridgehead atoms. The number of benzene rings is 2. The molecule has 3 N–H and O–H groups in total. The standard InChI is InChI=1S/C21H24N2O2/c1-21(2)18(11-22)19(21)23-20(24)25-12-17-15-9-5-3-7-13(15)14-8-4-6-10-16(14)17/h3-10,17-19H,11-12,22H2,1-2H3,(H,23,24)/t18-,19-/m1/s1. The first kappa shape index (κ1) is 16.2. The number of nitrogens with two attached hydrogens (primary N) is 1. The maximum atomic E-state index is 12.2. The van der Waals surface area contributed by atoms with E-state index in [1.54, 1.807) is 0 Å². The Labute approximate surface area is 148 Å². The van der Waals surface area contributed by atoms with E-state index in [1.807, 2.05) is 24.3 Å². The van der Waals surface area contributed by atoms with E-state index in [-0.39, 0.29) is 23.5 Å². The lowest BCUT2D eigenvalue weighted by Gasteiger charge is -2.15. The van der Waals surface area contributed by atoms with E-state index in [4.69, 9.17) is 10.5 Å². The quantitative estimate of drug-likeness (QED) is 0.898. The third-order valence-corrected chi connectivity index (χ3v) is 5.92. The molecule has 1 amide bonds. The maximum absolute atomic E-state index is 12.2. The summed E-state index contributed by atoms with van der Waals surface area (Å²) in [4.78, 5) is 12.2. The molecule has 2 aliphatic rings. The van der Waals surface area contributed by atoms with Crippen LogP contribution in [-0.2, 0) is 4.74 Å². The topological polar surface area (TPSA) is 64.3 Å². The number of carbonyl (C=O) groups is 1. The van der Waals surface area contributed by atoms with E-state index < -0.39 is 0 Å². The molecule has 25 heavy (non-hydrogen) atoms. The highest BCUT2D eigenvalue weighted by atomic mass is 16.5. The van der Waals surface area contributed by atoms with Crippen LogP contribution in [0.15, 0.2) is 48.5 Å². The highest BCUT2D eigenvalue weighted by molar-refractivity contribution is 5.79. The molecule has 4 rings (SSSR count). The van der Waals surface area contributed by atoms with E-state index >= 15 is 0 Å². The van der Waals surface area contributed by atoms with Crippen LogP contribution in [0.4, 0.5) is 4.79 Å². The van der Waals surface area contributed by atoms with Crippen LogP contribution in [0.3, 0.4) is 0 Å². The number of rotatable bonds is 4. The minimum Gasteiger partial charge on any atom is -0.449 e. The number of carbonyl (C=O) groups excluding carboxylic acids is 1. The van der Waals surface area contributed by atoms with Crippen LogP contribution in [0.5, 0.6) is 0 Å². The van der Waals surface area contributed by atoms with Crippen LogP contribution in [0.2, 0.25) is 0 Å². The Balaban J connectivity index is 1.46. The first-order valence-electron chi connectivity index (χ1n) is 8.85. The SMILES string of the molecule is CC1(C)[C@H](CN)[C@H]1NC(=O)OCC1c2ccccc2-c2ccccc21. The van der Waals surface area contributed by atoms with Crippen LogP contribution < -0.4 is 11.1 Å². The van der Waals surface area contributed by atoms with E-state index in [1.165, 1.54) is 22.3 Å². The third kappa shape index (κ3) is 2.61. The van der Waals surface area contributed by atoms with Gasteiger partial charge in [0.15, 0.2) is 0 Å². The van der Waals surface area contributed by atoms with Crippen molar-refractivity contribution in [3.05, 3.63) is 59.7 Å². The van der Waals surface area contributed by atoms with Crippen molar-refractivity contribution < 1.29 is 9.53 Å². The molecule has 2 atom stereocenters. The summed E-state index contributed by atoms with van der Waals surface area (Å²) in [5.41, 5.74) is 10.7. The average Bonchev–Trinajstić information content (AvgIpc) is 2.98. The number of ether oxygens (including phenoxy) is 1. The number of nitrogens with one attached hydrogen (secondary N) is 1. The molecule has 4 nitrogen and oxygen atoms in total. The lowest BCUT2D eigenvalue weighted by atomic mass is 9.98. The molecule has 0 heterocycles. The highest BCUT2D eigenvalue weighted by Gasteiger charge is 2.57. The molecule has 0 unspecified atom stereocenters. The molecule has 4 heteroatoms. The van der Waals surface area contributed by atoms with Crippen LogP contribution in [-0.4, -0.2) is 25.3 Å². The van der Waals surface area contributed by atoms with Gasteiger partial charge in [-0.2, -0.15) is 0 Å². The average molecular weight is 336 g/mol. The van der Waals surface area contributed by atoms with Gasteiger partial charge in [0.25, 0.3) is 0 Å². The summed E-state index contributed by atoms with van der Waals surface area (Å²) < 4.78 is 5.59. The third-order valence-electron chi connectivity index (χ3n) is 5.92. The normalized spacial score (nSPS) is 22.8. The summed E-state index contributed by atoms with van der Waals surface area (Å²) >= 11 is 0. The molecule has 1 fully saturated rings. The minimum atomic E-state index is -0.351. The largest absolute Gasteiger partial charge is 0.449 e. The summed E-state index contributed by atoms with van der Waals surface area (Å²) in [5, 5.41) is 2.98. The minimum absolute atomic E-state index is 0.0559. The number of amides is 1. The Morgan fingerprint density at radius 2 is 1.64 bits per heavy atom. The molecular weight excluding hydrogens is 312 g/mol. The Kier molecular flexibility index (Phi) is 3.80. The molecule has 2 aromatic rings.